The summed E-state index contributed by atoms with van der Waals surface area (Å²) in [6.07, 6.45) is -5.08. The van der Waals surface area contributed by atoms with E-state index in [1.54, 1.807) is 31.4 Å². The molecule has 4 rings (SSSR count). The topological polar surface area (TPSA) is 106 Å². The van der Waals surface area contributed by atoms with E-state index in [2.05, 4.69) is 40.4 Å². The summed E-state index contributed by atoms with van der Waals surface area (Å²) >= 11 is 0. The van der Waals surface area contributed by atoms with E-state index >= 15 is 0 Å². The third-order valence-electron chi connectivity index (χ3n) is 6.24. The third kappa shape index (κ3) is 8.56. The Morgan fingerprint density at radius 3 is 2.20 bits per heavy atom. The second kappa shape index (κ2) is 13.6. The van der Waals surface area contributed by atoms with Crippen LogP contribution in [0.15, 0.2) is 66.7 Å². The van der Waals surface area contributed by atoms with Crippen molar-refractivity contribution in [2.45, 2.75) is 12.7 Å². The Hall–Kier alpha value is -4.40. The first kappa shape index (κ1) is 30.1. The minimum Gasteiger partial charge on any atom is -0.496 e. The normalized spacial score (nSPS) is 13.9. The molecule has 11 heteroatoms. The van der Waals surface area contributed by atoms with Crippen LogP contribution in [0, 0.1) is 11.3 Å². The Bertz CT molecular complexity index is 1360. The van der Waals surface area contributed by atoms with Crippen LogP contribution in [-0.2, 0) is 11.3 Å². The summed E-state index contributed by atoms with van der Waals surface area (Å²) < 4.78 is 37.4. The lowest BCUT2D eigenvalue weighted by atomic mass is 10.0. The highest BCUT2D eigenvalue weighted by atomic mass is 19.4. The number of anilines is 1. The van der Waals surface area contributed by atoms with Gasteiger partial charge in [-0.2, -0.15) is 18.4 Å². The number of carbonyl (C=O) groups is 2. The molecule has 0 bridgehead atoms. The third-order valence-corrected chi connectivity index (χ3v) is 6.24. The van der Waals surface area contributed by atoms with Crippen molar-refractivity contribution < 1.29 is 32.6 Å². The van der Waals surface area contributed by atoms with Gasteiger partial charge in [0.2, 0.25) is 0 Å². The van der Waals surface area contributed by atoms with E-state index in [4.69, 9.17) is 19.9 Å². The van der Waals surface area contributed by atoms with Gasteiger partial charge in [0.15, 0.2) is 0 Å². The molecule has 1 saturated heterocycles. The first-order chi connectivity index (χ1) is 19.0. The molecule has 1 amide bonds. The fourth-order valence-electron chi connectivity index (χ4n) is 4.01. The molecule has 40 heavy (non-hydrogen) atoms. The number of halogens is 3. The smallest absolute Gasteiger partial charge is 0.490 e. The molecule has 1 aliphatic rings. The van der Waals surface area contributed by atoms with Crippen LogP contribution in [0.25, 0.3) is 11.1 Å². The van der Waals surface area contributed by atoms with Crippen LogP contribution in [0.1, 0.15) is 21.5 Å². The molecule has 0 aromatic heterocycles. The van der Waals surface area contributed by atoms with E-state index < -0.39 is 12.1 Å². The minimum absolute atomic E-state index is 0.237. The van der Waals surface area contributed by atoms with E-state index in [1.165, 1.54) is 5.56 Å². The maximum absolute atomic E-state index is 12.5. The number of alkyl halides is 3. The van der Waals surface area contributed by atoms with Gasteiger partial charge in [-0.3, -0.25) is 9.69 Å². The summed E-state index contributed by atoms with van der Waals surface area (Å²) in [5, 5.41) is 19.1. The Labute approximate surface area is 230 Å². The molecular weight excluding hydrogens is 525 g/mol. The Balaban J connectivity index is 0.000000559. The SMILES string of the molecule is COc1ccc(-c2ccc(NC(=O)c3cccc(C#N)c3)cc2)cc1CN1CCN(C)CC1.O=C(O)C(F)(F)F. The number of carboxylic acid groups (broad SMARTS) is 1. The van der Waals surface area contributed by atoms with Gasteiger partial charge in [0.05, 0.1) is 18.7 Å². The molecule has 0 atom stereocenters. The average Bonchev–Trinajstić information content (AvgIpc) is 2.94. The van der Waals surface area contributed by atoms with Crippen LogP contribution in [-0.4, -0.2) is 73.3 Å². The maximum atomic E-state index is 12.5. The van der Waals surface area contributed by atoms with Gasteiger partial charge in [-0.1, -0.05) is 24.3 Å². The number of nitriles is 1. The minimum atomic E-state index is -5.08. The molecule has 0 unspecified atom stereocenters. The first-order valence-corrected chi connectivity index (χ1v) is 12.3. The molecule has 0 saturated carbocycles. The second-order valence-corrected chi connectivity index (χ2v) is 9.13. The highest BCUT2D eigenvalue weighted by molar-refractivity contribution is 6.04. The summed E-state index contributed by atoms with van der Waals surface area (Å²) in [6, 6.07) is 22.8. The van der Waals surface area contributed by atoms with E-state index in [-0.39, 0.29) is 5.91 Å². The zero-order chi connectivity index (χ0) is 29.3. The number of methoxy groups -OCH3 is 1. The number of likely N-dealkylation sites (N-methyl/N-ethyl adjacent to an activating group) is 1. The van der Waals surface area contributed by atoms with Crippen molar-refractivity contribution in [2.75, 3.05) is 45.7 Å². The van der Waals surface area contributed by atoms with Gasteiger partial charge in [-0.05, 0) is 60.6 Å². The summed E-state index contributed by atoms with van der Waals surface area (Å²) in [6.45, 7) is 5.12. The molecule has 3 aromatic rings. The largest absolute Gasteiger partial charge is 0.496 e. The summed E-state index contributed by atoms with van der Waals surface area (Å²) in [5.41, 5.74) is 4.99. The molecule has 3 aromatic carbocycles. The number of benzene rings is 3. The van der Waals surface area contributed by atoms with Crippen LogP contribution >= 0.6 is 0 Å². The van der Waals surface area contributed by atoms with Crippen LogP contribution < -0.4 is 10.1 Å². The van der Waals surface area contributed by atoms with Crippen molar-refractivity contribution in [3.8, 4) is 22.9 Å². The van der Waals surface area contributed by atoms with Gasteiger partial charge in [0, 0.05) is 49.5 Å². The molecule has 1 aliphatic heterocycles. The molecule has 1 heterocycles. The molecule has 0 spiro atoms. The number of rotatable bonds is 6. The van der Waals surface area contributed by atoms with Crippen molar-refractivity contribution in [2.24, 2.45) is 0 Å². The number of ether oxygens (including phenoxy) is 1. The van der Waals surface area contributed by atoms with Crippen molar-refractivity contribution >= 4 is 17.6 Å². The number of carboxylic acids is 1. The van der Waals surface area contributed by atoms with Crippen LogP contribution in [0.5, 0.6) is 5.75 Å². The highest BCUT2D eigenvalue weighted by Crippen LogP contribution is 2.29. The van der Waals surface area contributed by atoms with E-state index in [0.717, 1.165) is 49.6 Å². The molecule has 0 aliphatic carbocycles. The number of carbonyl (C=O) groups excluding carboxylic acids is 1. The van der Waals surface area contributed by atoms with Gasteiger partial charge in [-0.15, -0.1) is 0 Å². The van der Waals surface area contributed by atoms with Crippen LogP contribution in [0.2, 0.25) is 0 Å². The van der Waals surface area contributed by atoms with Gasteiger partial charge in [0.1, 0.15) is 5.75 Å². The lowest BCUT2D eigenvalue weighted by Gasteiger charge is -2.32. The van der Waals surface area contributed by atoms with Crippen molar-refractivity contribution in [3.63, 3.8) is 0 Å². The number of amides is 1. The first-order valence-electron chi connectivity index (χ1n) is 12.3. The monoisotopic (exact) mass is 554 g/mol. The standard InChI is InChI=1S/C27H28N4O2.C2HF3O2/c1-30-12-14-31(15-13-30)19-24-17-22(8-11-26(24)33-2)21-6-9-25(10-7-21)29-27(32)23-5-3-4-20(16-23)18-28;3-2(4,5)1(6)7/h3-11,16-17H,12-15,19H2,1-2H3,(H,29,32);(H,6,7). The quantitative estimate of drug-likeness (QED) is 0.448. The maximum Gasteiger partial charge on any atom is 0.490 e. The molecule has 1 fully saturated rings. The molecule has 8 nitrogen and oxygen atoms in total. The predicted molar refractivity (Wildman–Crippen MR) is 144 cm³/mol. The number of nitrogens with zero attached hydrogens (tertiary/aromatic N) is 3. The highest BCUT2D eigenvalue weighted by Gasteiger charge is 2.38. The van der Waals surface area contributed by atoms with Crippen molar-refractivity contribution in [3.05, 3.63) is 83.4 Å². The average molecular weight is 555 g/mol. The second-order valence-electron chi connectivity index (χ2n) is 9.13. The van der Waals surface area contributed by atoms with Gasteiger partial charge < -0.3 is 20.1 Å². The zero-order valence-corrected chi connectivity index (χ0v) is 22.0. The summed E-state index contributed by atoms with van der Waals surface area (Å²) in [5.74, 6) is -2.09. The Morgan fingerprint density at radius 1 is 1.00 bits per heavy atom. The summed E-state index contributed by atoms with van der Waals surface area (Å²) in [4.78, 5) is 26.2. The number of hydrogen-bond acceptors (Lipinski definition) is 6. The van der Waals surface area contributed by atoms with Crippen molar-refractivity contribution in [1.82, 2.24) is 9.80 Å². The zero-order valence-electron chi connectivity index (χ0n) is 22.0. The molecule has 2 N–H and O–H groups in total. The van der Waals surface area contributed by atoms with E-state index in [9.17, 15) is 18.0 Å². The van der Waals surface area contributed by atoms with Crippen LogP contribution in [0.3, 0.4) is 0 Å². The van der Waals surface area contributed by atoms with Crippen molar-refractivity contribution in [1.29, 1.82) is 5.26 Å². The fraction of sp³-hybridized carbons (Fsp3) is 0.276. The Kier molecular flexibility index (Phi) is 10.2. The number of piperazine rings is 1. The predicted octanol–water partition coefficient (Wildman–Crippen LogP) is 4.87. The fourth-order valence-corrected chi connectivity index (χ4v) is 4.01. The van der Waals surface area contributed by atoms with Gasteiger partial charge in [0.25, 0.3) is 5.91 Å². The molecule has 210 valence electrons. The van der Waals surface area contributed by atoms with Gasteiger partial charge in [-0.25, -0.2) is 4.79 Å². The number of hydrogen-bond donors (Lipinski definition) is 2. The van der Waals surface area contributed by atoms with Crippen LogP contribution in [0.4, 0.5) is 18.9 Å². The summed E-state index contributed by atoms with van der Waals surface area (Å²) in [7, 11) is 3.88. The Morgan fingerprint density at radius 2 is 1.62 bits per heavy atom. The lowest BCUT2D eigenvalue weighted by molar-refractivity contribution is -0.192. The molecule has 0 radical (unpaired) electrons. The van der Waals surface area contributed by atoms with E-state index in [1.807, 2.05) is 30.3 Å². The number of nitrogens with one attached hydrogen (secondary N) is 1. The molecular formula is C29H29F3N4O4. The van der Waals surface area contributed by atoms with Gasteiger partial charge >= 0.3 is 12.1 Å². The van der Waals surface area contributed by atoms with E-state index in [0.29, 0.717) is 16.8 Å². The number of aliphatic carboxylic acids is 1. The lowest BCUT2D eigenvalue weighted by Crippen LogP contribution is -2.43.